The number of nitrogens with zero attached hydrogens (tertiary/aromatic N) is 3. The summed E-state index contributed by atoms with van der Waals surface area (Å²) in [5.74, 6) is 0.831. The Bertz CT molecular complexity index is 939. The molecule has 0 spiro atoms. The van der Waals surface area contributed by atoms with Crippen LogP contribution in [-0.4, -0.2) is 25.9 Å². The van der Waals surface area contributed by atoms with Crippen molar-refractivity contribution in [3.05, 3.63) is 65.7 Å². The van der Waals surface area contributed by atoms with E-state index in [1.165, 1.54) is 11.8 Å². The number of hydrogen-bond acceptors (Lipinski definition) is 4. The van der Waals surface area contributed by atoms with Crippen molar-refractivity contribution in [2.75, 3.05) is 0 Å². The molecule has 0 saturated heterocycles. The van der Waals surface area contributed by atoms with Gasteiger partial charge < -0.3 is 9.88 Å². The normalized spacial score (nSPS) is 13.1. The first kappa shape index (κ1) is 20.1. The molecular formula is C22H26N4OS. The molecule has 6 heteroatoms. The maximum atomic E-state index is 12.7. The van der Waals surface area contributed by atoms with E-state index in [9.17, 15) is 4.79 Å². The van der Waals surface area contributed by atoms with Crippen LogP contribution in [0, 0.1) is 6.92 Å². The summed E-state index contributed by atoms with van der Waals surface area (Å²) in [4.78, 5) is 12.7. The number of amides is 1. The SMILES string of the molecule is CCn1c(SC(C)C(=O)NC(C)c2ccccc2)nnc1-c1ccccc1C. The Balaban J connectivity index is 1.73. The number of rotatable bonds is 7. The Morgan fingerprint density at radius 2 is 1.75 bits per heavy atom. The largest absolute Gasteiger partial charge is 0.349 e. The smallest absolute Gasteiger partial charge is 0.233 e. The van der Waals surface area contributed by atoms with Crippen LogP contribution in [0.15, 0.2) is 59.8 Å². The van der Waals surface area contributed by atoms with Crippen molar-refractivity contribution in [3.63, 3.8) is 0 Å². The third-order valence-electron chi connectivity index (χ3n) is 4.73. The highest BCUT2D eigenvalue weighted by molar-refractivity contribution is 8.00. The predicted molar refractivity (Wildman–Crippen MR) is 114 cm³/mol. The van der Waals surface area contributed by atoms with Crippen molar-refractivity contribution in [3.8, 4) is 11.4 Å². The van der Waals surface area contributed by atoms with Crippen LogP contribution < -0.4 is 5.32 Å². The first-order valence-corrected chi connectivity index (χ1v) is 10.4. The van der Waals surface area contributed by atoms with Gasteiger partial charge in [-0.05, 0) is 38.8 Å². The quantitative estimate of drug-likeness (QED) is 0.594. The summed E-state index contributed by atoms with van der Waals surface area (Å²) in [6.07, 6.45) is 0. The molecule has 2 atom stereocenters. The maximum Gasteiger partial charge on any atom is 0.233 e. The number of aryl methyl sites for hydroxylation is 1. The number of carbonyl (C=O) groups is 1. The molecule has 146 valence electrons. The Kier molecular flexibility index (Phi) is 6.52. The third kappa shape index (κ3) is 4.44. The van der Waals surface area contributed by atoms with Gasteiger partial charge in [0.25, 0.3) is 0 Å². The summed E-state index contributed by atoms with van der Waals surface area (Å²) in [6, 6.07) is 18.1. The van der Waals surface area contributed by atoms with Gasteiger partial charge in [0, 0.05) is 12.1 Å². The van der Waals surface area contributed by atoms with E-state index in [1.54, 1.807) is 0 Å². The van der Waals surface area contributed by atoms with E-state index < -0.39 is 0 Å². The van der Waals surface area contributed by atoms with Crippen LogP contribution in [0.1, 0.15) is 37.9 Å². The molecule has 2 aromatic carbocycles. The molecule has 2 unspecified atom stereocenters. The number of carbonyl (C=O) groups excluding carboxylic acids is 1. The number of aromatic nitrogens is 3. The van der Waals surface area contributed by atoms with Gasteiger partial charge >= 0.3 is 0 Å². The zero-order chi connectivity index (χ0) is 20.1. The van der Waals surface area contributed by atoms with Crippen LogP contribution in [-0.2, 0) is 11.3 Å². The van der Waals surface area contributed by atoms with Crippen molar-refractivity contribution in [1.29, 1.82) is 0 Å². The van der Waals surface area contributed by atoms with Gasteiger partial charge in [0.05, 0.1) is 11.3 Å². The van der Waals surface area contributed by atoms with E-state index in [0.29, 0.717) is 0 Å². The third-order valence-corrected chi connectivity index (χ3v) is 5.81. The van der Waals surface area contributed by atoms with E-state index >= 15 is 0 Å². The molecule has 0 bridgehead atoms. The summed E-state index contributed by atoms with van der Waals surface area (Å²) in [7, 11) is 0. The van der Waals surface area contributed by atoms with Gasteiger partial charge in [-0.3, -0.25) is 4.79 Å². The maximum absolute atomic E-state index is 12.7. The zero-order valence-corrected chi connectivity index (χ0v) is 17.5. The number of hydrogen-bond donors (Lipinski definition) is 1. The standard InChI is InChI=1S/C22H26N4OS/c1-5-26-20(19-14-10-9-11-15(19)2)24-25-22(26)28-17(4)21(27)23-16(3)18-12-7-6-8-13-18/h6-14,16-17H,5H2,1-4H3,(H,23,27). The monoisotopic (exact) mass is 394 g/mol. The van der Waals surface area contributed by atoms with E-state index in [4.69, 9.17) is 0 Å². The highest BCUT2D eigenvalue weighted by atomic mass is 32.2. The lowest BCUT2D eigenvalue weighted by Crippen LogP contribution is -2.33. The lowest BCUT2D eigenvalue weighted by atomic mass is 10.1. The molecule has 1 heterocycles. The molecule has 28 heavy (non-hydrogen) atoms. The highest BCUT2D eigenvalue weighted by Crippen LogP contribution is 2.28. The van der Waals surface area contributed by atoms with Crippen LogP contribution in [0.2, 0.25) is 0 Å². The number of thioether (sulfide) groups is 1. The Hall–Kier alpha value is -2.60. The Morgan fingerprint density at radius 1 is 1.07 bits per heavy atom. The van der Waals surface area contributed by atoms with E-state index in [0.717, 1.165) is 34.2 Å². The summed E-state index contributed by atoms with van der Waals surface area (Å²) in [5.41, 5.74) is 3.31. The first-order chi connectivity index (χ1) is 13.5. The average molecular weight is 395 g/mol. The van der Waals surface area contributed by atoms with Gasteiger partial charge in [0.15, 0.2) is 11.0 Å². The zero-order valence-electron chi connectivity index (χ0n) is 16.7. The lowest BCUT2D eigenvalue weighted by Gasteiger charge is -2.18. The van der Waals surface area contributed by atoms with E-state index in [1.807, 2.05) is 56.3 Å². The van der Waals surface area contributed by atoms with Crippen LogP contribution in [0.25, 0.3) is 11.4 Å². The molecule has 0 aliphatic carbocycles. The van der Waals surface area contributed by atoms with Crippen molar-refractivity contribution >= 4 is 17.7 Å². The van der Waals surface area contributed by atoms with Gasteiger partial charge in [-0.1, -0.05) is 66.4 Å². The van der Waals surface area contributed by atoms with E-state index in [2.05, 4.69) is 46.1 Å². The van der Waals surface area contributed by atoms with Crippen molar-refractivity contribution in [2.45, 2.75) is 50.7 Å². The molecular weight excluding hydrogens is 368 g/mol. The molecule has 0 aliphatic rings. The second-order valence-corrected chi connectivity index (χ2v) is 8.07. The second kappa shape index (κ2) is 9.06. The minimum absolute atomic E-state index is 0.00977. The molecule has 0 saturated carbocycles. The van der Waals surface area contributed by atoms with Gasteiger partial charge in [-0.2, -0.15) is 0 Å². The fourth-order valence-electron chi connectivity index (χ4n) is 3.05. The van der Waals surface area contributed by atoms with Gasteiger partial charge in [-0.15, -0.1) is 10.2 Å². The van der Waals surface area contributed by atoms with E-state index in [-0.39, 0.29) is 17.2 Å². The number of benzene rings is 2. The summed E-state index contributed by atoms with van der Waals surface area (Å²) in [5, 5.41) is 12.3. The molecule has 0 aliphatic heterocycles. The molecule has 1 N–H and O–H groups in total. The first-order valence-electron chi connectivity index (χ1n) is 9.52. The van der Waals surface area contributed by atoms with Crippen LogP contribution >= 0.6 is 11.8 Å². The molecule has 3 aromatic rings. The molecule has 5 nitrogen and oxygen atoms in total. The number of nitrogens with one attached hydrogen (secondary N) is 1. The second-order valence-electron chi connectivity index (χ2n) is 6.77. The fourth-order valence-corrected chi connectivity index (χ4v) is 3.97. The molecule has 0 radical (unpaired) electrons. The van der Waals surface area contributed by atoms with Crippen LogP contribution in [0.3, 0.4) is 0 Å². The van der Waals surface area contributed by atoms with Gasteiger partial charge in [0.1, 0.15) is 0 Å². The van der Waals surface area contributed by atoms with Crippen LogP contribution in [0.5, 0.6) is 0 Å². The molecule has 1 aromatic heterocycles. The summed E-state index contributed by atoms with van der Waals surface area (Å²) < 4.78 is 2.07. The molecule has 1 amide bonds. The molecule has 0 fully saturated rings. The highest BCUT2D eigenvalue weighted by Gasteiger charge is 2.22. The van der Waals surface area contributed by atoms with Crippen LogP contribution in [0.4, 0.5) is 0 Å². The minimum Gasteiger partial charge on any atom is -0.349 e. The average Bonchev–Trinajstić information content (AvgIpc) is 3.11. The van der Waals surface area contributed by atoms with Crippen molar-refractivity contribution < 1.29 is 4.79 Å². The predicted octanol–water partition coefficient (Wildman–Crippen LogP) is 4.63. The van der Waals surface area contributed by atoms with Gasteiger partial charge in [-0.25, -0.2) is 0 Å². The molecule has 3 rings (SSSR count). The summed E-state index contributed by atoms with van der Waals surface area (Å²) in [6.45, 7) is 8.78. The summed E-state index contributed by atoms with van der Waals surface area (Å²) >= 11 is 1.44. The fraction of sp³-hybridized carbons (Fsp3) is 0.318. The topological polar surface area (TPSA) is 59.8 Å². The lowest BCUT2D eigenvalue weighted by molar-refractivity contribution is -0.120. The Morgan fingerprint density at radius 3 is 2.43 bits per heavy atom. The van der Waals surface area contributed by atoms with Crippen molar-refractivity contribution in [2.24, 2.45) is 0 Å². The van der Waals surface area contributed by atoms with Gasteiger partial charge in [0.2, 0.25) is 5.91 Å². The minimum atomic E-state index is -0.273. The Labute approximate surface area is 170 Å². The van der Waals surface area contributed by atoms with Crippen molar-refractivity contribution in [1.82, 2.24) is 20.1 Å².